The Kier molecular flexibility index (Phi) is 5.26. The van der Waals surface area contributed by atoms with E-state index in [1.807, 2.05) is 44.2 Å². The van der Waals surface area contributed by atoms with Gasteiger partial charge in [-0.3, -0.25) is 0 Å². The van der Waals surface area contributed by atoms with Crippen molar-refractivity contribution in [1.29, 1.82) is 0 Å². The fraction of sp³-hybridized carbons (Fsp3) is 0.267. The number of hydrogen-bond donors (Lipinski definition) is 1. The lowest BCUT2D eigenvalue weighted by Gasteiger charge is -2.11. The largest absolute Gasteiger partial charge is 0.491 e. The topological polar surface area (TPSA) is 34.1 Å². The molecule has 1 aromatic carbocycles. The Morgan fingerprint density at radius 2 is 2.00 bits per heavy atom. The molecule has 20 heavy (non-hydrogen) atoms. The molecule has 0 bridgehead atoms. The van der Waals surface area contributed by atoms with Crippen molar-refractivity contribution in [2.45, 2.75) is 26.5 Å². The maximum atomic E-state index is 6.03. The highest BCUT2D eigenvalue weighted by molar-refractivity contribution is 9.10. The molecule has 2 aromatic rings. The molecule has 0 unspecified atom stereocenters. The van der Waals surface area contributed by atoms with E-state index in [2.05, 4.69) is 26.2 Å². The minimum Gasteiger partial charge on any atom is -0.491 e. The lowest BCUT2D eigenvalue weighted by Crippen LogP contribution is -2.05. The standard InChI is InChI=1S/C15H16BrClN2O/c1-10(2)20-13-5-3-11(4-6-13)8-18-14-7-12(16)9-19-15(14)17/h3-7,9-10,18H,8H2,1-2H3. The van der Waals surface area contributed by atoms with Gasteiger partial charge in [-0.1, -0.05) is 23.7 Å². The van der Waals surface area contributed by atoms with Crippen LogP contribution in [0.15, 0.2) is 41.0 Å². The van der Waals surface area contributed by atoms with Gasteiger partial charge in [-0.2, -0.15) is 0 Å². The Balaban J connectivity index is 1.98. The summed E-state index contributed by atoms with van der Waals surface area (Å²) < 4.78 is 6.50. The molecular formula is C15H16BrClN2O. The van der Waals surface area contributed by atoms with Crippen LogP contribution in [-0.2, 0) is 6.54 Å². The van der Waals surface area contributed by atoms with E-state index in [0.717, 1.165) is 21.5 Å². The molecule has 3 nitrogen and oxygen atoms in total. The number of nitrogens with zero attached hydrogens (tertiary/aromatic N) is 1. The third kappa shape index (κ3) is 4.39. The smallest absolute Gasteiger partial charge is 0.152 e. The van der Waals surface area contributed by atoms with Gasteiger partial charge in [0.1, 0.15) is 5.75 Å². The van der Waals surface area contributed by atoms with Gasteiger partial charge in [0, 0.05) is 17.2 Å². The summed E-state index contributed by atoms with van der Waals surface area (Å²) in [7, 11) is 0. The van der Waals surface area contributed by atoms with Gasteiger partial charge in [-0.25, -0.2) is 4.98 Å². The Morgan fingerprint density at radius 3 is 2.65 bits per heavy atom. The zero-order valence-electron chi connectivity index (χ0n) is 11.4. The molecule has 0 fully saturated rings. The van der Waals surface area contributed by atoms with Crippen molar-refractivity contribution in [2.75, 3.05) is 5.32 Å². The maximum absolute atomic E-state index is 6.03. The Bertz CT molecular complexity index is 573. The highest BCUT2D eigenvalue weighted by Gasteiger charge is 2.03. The van der Waals surface area contributed by atoms with Gasteiger partial charge in [-0.15, -0.1) is 0 Å². The molecule has 106 valence electrons. The zero-order valence-corrected chi connectivity index (χ0v) is 13.7. The monoisotopic (exact) mass is 354 g/mol. The second-order valence-corrected chi connectivity index (χ2v) is 5.93. The van der Waals surface area contributed by atoms with Crippen molar-refractivity contribution in [1.82, 2.24) is 4.98 Å². The molecule has 0 amide bonds. The summed E-state index contributed by atoms with van der Waals surface area (Å²) in [4.78, 5) is 4.07. The van der Waals surface area contributed by atoms with Crippen LogP contribution >= 0.6 is 27.5 Å². The van der Waals surface area contributed by atoms with Crippen LogP contribution in [0, 0.1) is 0 Å². The minimum absolute atomic E-state index is 0.186. The second kappa shape index (κ2) is 6.95. The number of nitrogens with one attached hydrogen (secondary N) is 1. The number of ether oxygens (including phenoxy) is 1. The molecule has 0 aliphatic heterocycles. The number of rotatable bonds is 5. The second-order valence-electron chi connectivity index (χ2n) is 4.66. The van der Waals surface area contributed by atoms with Crippen LogP contribution in [0.4, 0.5) is 5.69 Å². The van der Waals surface area contributed by atoms with Gasteiger partial charge in [0.25, 0.3) is 0 Å². The van der Waals surface area contributed by atoms with E-state index in [-0.39, 0.29) is 6.10 Å². The van der Waals surface area contributed by atoms with Crippen molar-refractivity contribution >= 4 is 33.2 Å². The molecule has 0 aliphatic rings. The molecule has 0 aliphatic carbocycles. The van der Waals surface area contributed by atoms with Crippen molar-refractivity contribution in [3.05, 3.63) is 51.7 Å². The van der Waals surface area contributed by atoms with Gasteiger partial charge in [-0.05, 0) is 53.5 Å². The molecule has 1 aromatic heterocycles. The first-order chi connectivity index (χ1) is 9.54. The van der Waals surface area contributed by atoms with E-state index in [1.54, 1.807) is 6.20 Å². The Labute approximate surface area is 132 Å². The molecule has 0 radical (unpaired) electrons. The summed E-state index contributed by atoms with van der Waals surface area (Å²) in [6, 6.07) is 9.91. The Morgan fingerprint density at radius 1 is 1.30 bits per heavy atom. The van der Waals surface area contributed by atoms with Crippen molar-refractivity contribution in [2.24, 2.45) is 0 Å². The molecule has 1 heterocycles. The average Bonchev–Trinajstić information content (AvgIpc) is 2.41. The number of pyridine rings is 1. The normalized spacial score (nSPS) is 10.7. The summed E-state index contributed by atoms with van der Waals surface area (Å²) in [6.07, 6.45) is 1.86. The molecule has 0 atom stereocenters. The number of benzene rings is 1. The molecule has 0 saturated carbocycles. The molecule has 1 N–H and O–H groups in total. The van der Waals surface area contributed by atoms with E-state index in [9.17, 15) is 0 Å². The van der Waals surface area contributed by atoms with E-state index >= 15 is 0 Å². The lowest BCUT2D eigenvalue weighted by molar-refractivity contribution is 0.242. The predicted molar refractivity (Wildman–Crippen MR) is 86.5 cm³/mol. The van der Waals surface area contributed by atoms with Crippen LogP contribution in [0.25, 0.3) is 0 Å². The first-order valence-electron chi connectivity index (χ1n) is 6.35. The minimum atomic E-state index is 0.186. The van der Waals surface area contributed by atoms with E-state index in [4.69, 9.17) is 16.3 Å². The van der Waals surface area contributed by atoms with Gasteiger partial charge < -0.3 is 10.1 Å². The average molecular weight is 356 g/mol. The fourth-order valence-electron chi connectivity index (χ4n) is 1.70. The molecular weight excluding hydrogens is 340 g/mol. The van der Waals surface area contributed by atoms with Crippen LogP contribution in [0.1, 0.15) is 19.4 Å². The highest BCUT2D eigenvalue weighted by atomic mass is 79.9. The van der Waals surface area contributed by atoms with E-state index in [0.29, 0.717) is 11.7 Å². The van der Waals surface area contributed by atoms with Gasteiger partial charge in [0.2, 0.25) is 0 Å². The van der Waals surface area contributed by atoms with Crippen LogP contribution < -0.4 is 10.1 Å². The first-order valence-corrected chi connectivity index (χ1v) is 7.52. The summed E-state index contributed by atoms with van der Waals surface area (Å²) >= 11 is 9.41. The van der Waals surface area contributed by atoms with Gasteiger partial charge in [0.15, 0.2) is 5.15 Å². The zero-order chi connectivity index (χ0) is 14.5. The summed E-state index contributed by atoms with van der Waals surface area (Å²) in [6.45, 7) is 4.70. The molecule has 2 rings (SSSR count). The summed E-state index contributed by atoms with van der Waals surface area (Å²) in [5.41, 5.74) is 1.96. The third-order valence-corrected chi connectivity index (χ3v) is 3.32. The summed E-state index contributed by atoms with van der Waals surface area (Å²) in [5.74, 6) is 0.880. The van der Waals surface area contributed by atoms with E-state index < -0.39 is 0 Å². The van der Waals surface area contributed by atoms with Crippen LogP contribution in [-0.4, -0.2) is 11.1 Å². The molecule has 5 heteroatoms. The first kappa shape index (κ1) is 15.1. The summed E-state index contributed by atoms with van der Waals surface area (Å²) in [5, 5.41) is 3.73. The Hall–Kier alpha value is -1.26. The number of anilines is 1. The fourth-order valence-corrected chi connectivity index (χ4v) is 2.20. The van der Waals surface area contributed by atoms with Crippen LogP contribution in [0.5, 0.6) is 5.75 Å². The van der Waals surface area contributed by atoms with Gasteiger partial charge in [0.05, 0.1) is 11.8 Å². The van der Waals surface area contributed by atoms with Crippen molar-refractivity contribution in [3.63, 3.8) is 0 Å². The third-order valence-electron chi connectivity index (χ3n) is 2.58. The van der Waals surface area contributed by atoms with E-state index in [1.165, 1.54) is 0 Å². The maximum Gasteiger partial charge on any atom is 0.152 e. The SMILES string of the molecule is CC(C)Oc1ccc(CNc2cc(Br)cnc2Cl)cc1. The lowest BCUT2D eigenvalue weighted by atomic mass is 10.2. The van der Waals surface area contributed by atoms with Gasteiger partial charge >= 0.3 is 0 Å². The van der Waals surface area contributed by atoms with Crippen LogP contribution in [0.3, 0.4) is 0 Å². The number of aromatic nitrogens is 1. The highest BCUT2D eigenvalue weighted by Crippen LogP contribution is 2.23. The number of halogens is 2. The predicted octanol–water partition coefficient (Wildman–Crippen LogP) is 4.90. The van der Waals surface area contributed by atoms with Crippen molar-refractivity contribution < 1.29 is 4.74 Å². The number of hydrogen-bond acceptors (Lipinski definition) is 3. The molecule has 0 spiro atoms. The van der Waals surface area contributed by atoms with Crippen LogP contribution in [0.2, 0.25) is 5.15 Å². The molecule has 0 saturated heterocycles. The quantitative estimate of drug-likeness (QED) is 0.775. The van der Waals surface area contributed by atoms with Crippen molar-refractivity contribution in [3.8, 4) is 5.75 Å².